The van der Waals surface area contributed by atoms with Crippen molar-refractivity contribution in [1.82, 2.24) is 4.90 Å². The molecule has 1 aliphatic heterocycles. The van der Waals surface area contributed by atoms with Crippen molar-refractivity contribution in [1.29, 1.82) is 0 Å². The van der Waals surface area contributed by atoms with Gasteiger partial charge in [0.2, 0.25) is 5.91 Å². The van der Waals surface area contributed by atoms with Crippen LogP contribution in [0.2, 0.25) is 0 Å². The van der Waals surface area contributed by atoms with Gasteiger partial charge in [0.25, 0.3) is 0 Å². The molecule has 2 aromatic rings. The topological polar surface area (TPSA) is 23.6 Å². The molecule has 0 atom stereocenters. The minimum atomic E-state index is -0.194. The standard InChI is InChI=1S/C17H19FN2OS/c18-15-5-1-2-6-16(15)19-9-11-20(12-10-19)17(21)8-7-14-4-3-13-22-14/h1-6,13H,7-12H2. The van der Waals surface area contributed by atoms with Gasteiger partial charge in [0.05, 0.1) is 5.69 Å². The summed E-state index contributed by atoms with van der Waals surface area (Å²) >= 11 is 1.69. The number of para-hydroxylation sites is 1. The van der Waals surface area contributed by atoms with Crippen LogP contribution in [0, 0.1) is 5.82 Å². The Morgan fingerprint density at radius 2 is 1.86 bits per heavy atom. The van der Waals surface area contributed by atoms with Crippen LogP contribution in [0.25, 0.3) is 0 Å². The fourth-order valence-corrected chi connectivity index (χ4v) is 3.46. The van der Waals surface area contributed by atoms with Crippen molar-refractivity contribution < 1.29 is 9.18 Å². The third-order valence-electron chi connectivity index (χ3n) is 3.99. The highest BCUT2D eigenvalue weighted by molar-refractivity contribution is 7.09. The molecule has 5 heteroatoms. The number of halogens is 1. The number of benzene rings is 1. The molecule has 116 valence electrons. The fraction of sp³-hybridized carbons (Fsp3) is 0.353. The molecule has 0 saturated carbocycles. The molecule has 0 spiro atoms. The molecule has 0 radical (unpaired) electrons. The van der Waals surface area contributed by atoms with Crippen LogP contribution in [0.1, 0.15) is 11.3 Å². The van der Waals surface area contributed by atoms with Crippen molar-refractivity contribution in [3.63, 3.8) is 0 Å². The lowest BCUT2D eigenvalue weighted by Gasteiger charge is -2.36. The number of rotatable bonds is 4. The van der Waals surface area contributed by atoms with E-state index in [9.17, 15) is 9.18 Å². The average Bonchev–Trinajstić information content (AvgIpc) is 3.07. The van der Waals surface area contributed by atoms with E-state index in [2.05, 4.69) is 6.07 Å². The summed E-state index contributed by atoms with van der Waals surface area (Å²) in [5.41, 5.74) is 0.633. The number of anilines is 1. The molecular weight excluding hydrogens is 299 g/mol. The van der Waals surface area contributed by atoms with E-state index >= 15 is 0 Å². The molecular formula is C17H19FN2OS. The summed E-state index contributed by atoms with van der Waals surface area (Å²) in [6.45, 7) is 2.70. The second kappa shape index (κ2) is 6.92. The summed E-state index contributed by atoms with van der Waals surface area (Å²) in [4.78, 5) is 17.4. The Morgan fingerprint density at radius 3 is 2.55 bits per heavy atom. The van der Waals surface area contributed by atoms with Crippen molar-refractivity contribution >= 4 is 22.9 Å². The molecule has 1 fully saturated rings. The Hall–Kier alpha value is -1.88. The number of aryl methyl sites for hydroxylation is 1. The van der Waals surface area contributed by atoms with Gasteiger partial charge in [-0.3, -0.25) is 4.79 Å². The maximum absolute atomic E-state index is 13.8. The van der Waals surface area contributed by atoms with Gasteiger partial charge in [-0.2, -0.15) is 0 Å². The van der Waals surface area contributed by atoms with Crippen LogP contribution in [0.5, 0.6) is 0 Å². The largest absolute Gasteiger partial charge is 0.366 e. The normalized spacial score (nSPS) is 15.1. The van der Waals surface area contributed by atoms with E-state index in [0.29, 0.717) is 38.3 Å². The lowest BCUT2D eigenvalue weighted by Crippen LogP contribution is -2.49. The van der Waals surface area contributed by atoms with Crippen molar-refractivity contribution in [2.24, 2.45) is 0 Å². The van der Waals surface area contributed by atoms with Gasteiger partial charge in [0.15, 0.2) is 0 Å². The first-order valence-corrected chi connectivity index (χ1v) is 8.41. The fourth-order valence-electron chi connectivity index (χ4n) is 2.75. The summed E-state index contributed by atoms with van der Waals surface area (Å²) in [6.07, 6.45) is 1.37. The van der Waals surface area contributed by atoms with Crippen molar-refractivity contribution in [2.45, 2.75) is 12.8 Å². The summed E-state index contributed by atoms with van der Waals surface area (Å²) in [7, 11) is 0. The monoisotopic (exact) mass is 318 g/mol. The van der Waals surface area contributed by atoms with Crippen LogP contribution >= 0.6 is 11.3 Å². The Morgan fingerprint density at radius 1 is 1.09 bits per heavy atom. The van der Waals surface area contributed by atoms with Gasteiger partial charge in [-0.25, -0.2) is 4.39 Å². The first-order chi connectivity index (χ1) is 10.7. The van der Waals surface area contributed by atoms with Crippen LogP contribution in [0.15, 0.2) is 41.8 Å². The lowest BCUT2D eigenvalue weighted by molar-refractivity contribution is -0.131. The Balaban J connectivity index is 1.51. The van der Waals surface area contributed by atoms with Gasteiger partial charge in [-0.05, 0) is 30.0 Å². The number of carbonyl (C=O) groups excluding carboxylic acids is 1. The number of amides is 1. The Kier molecular flexibility index (Phi) is 4.73. The predicted molar refractivity (Wildman–Crippen MR) is 87.8 cm³/mol. The van der Waals surface area contributed by atoms with Crippen LogP contribution in [-0.4, -0.2) is 37.0 Å². The zero-order chi connectivity index (χ0) is 15.4. The Bertz CT molecular complexity index is 621. The number of nitrogens with zero attached hydrogens (tertiary/aromatic N) is 2. The van der Waals surface area contributed by atoms with Gasteiger partial charge in [-0.15, -0.1) is 11.3 Å². The molecule has 1 aromatic heterocycles. The summed E-state index contributed by atoms with van der Waals surface area (Å²) in [6, 6.07) is 10.9. The average molecular weight is 318 g/mol. The van der Waals surface area contributed by atoms with Crippen molar-refractivity contribution in [3.8, 4) is 0 Å². The molecule has 1 aliphatic rings. The molecule has 3 nitrogen and oxygen atoms in total. The third-order valence-corrected chi connectivity index (χ3v) is 4.93. The van der Waals surface area contributed by atoms with Crippen LogP contribution < -0.4 is 4.90 Å². The number of hydrogen-bond acceptors (Lipinski definition) is 3. The highest BCUT2D eigenvalue weighted by atomic mass is 32.1. The van der Waals surface area contributed by atoms with Crippen LogP contribution in [0.3, 0.4) is 0 Å². The van der Waals surface area contributed by atoms with Gasteiger partial charge in [-0.1, -0.05) is 18.2 Å². The molecule has 0 bridgehead atoms. The lowest BCUT2D eigenvalue weighted by atomic mass is 10.2. The van der Waals surface area contributed by atoms with E-state index in [1.807, 2.05) is 27.3 Å². The van der Waals surface area contributed by atoms with Gasteiger partial charge < -0.3 is 9.80 Å². The number of carbonyl (C=O) groups is 1. The maximum Gasteiger partial charge on any atom is 0.223 e. The molecule has 2 heterocycles. The molecule has 3 rings (SSSR count). The van der Waals surface area contributed by atoms with Gasteiger partial charge in [0, 0.05) is 37.5 Å². The molecule has 1 aromatic carbocycles. The molecule has 1 amide bonds. The van der Waals surface area contributed by atoms with E-state index in [1.54, 1.807) is 23.5 Å². The molecule has 1 saturated heterocycles. The van der Waals surface area contributed by atoms with Crippen LogP contribution in [0.4, 0.5) is 10.1 Å². The van der Waals surface area contributed by atoms with E-state index in [4.69, 9.17) is 0 Å². The number of hydrogen-bond donors (Lipinski definition) is 0. The van der Waals surface area contributed by atoms with Crippen molar-refractivity contribution in [3.05, 3.63) is 52.5 Å². The van der Waals surface area contributed by atoms with Gasteiger partial charge in [0.1, 0.15) is 5.82 Å². The first kappa shape index (κ1) is 15.0. The zero-order valence-corrected chi connectivity index (χ0v) is 13.2. The number of thiophene rings is 1. The number of piperazine rings is 1. The van der Waals surface area contributed by atoms with Crippen molar-refractivity contribution in [2.75, 3.05) is 31.1 Å². The summed E-state index contributed by atoms with van der Waals surface area (Å²) < 4.78 is 13.8. The highest BCUT2D eigenvalue weighted by Crippen LogP contribution is 2.20. The minimum absolute atomic E-state index is 0.194. The maximum atomic E-state index is 13.8. The molecule has 0 N–H and O–H groups in total. The molecule has 22 heavy (non-hydrogen) atoms. The third kappa shape index (κ3) is 3.47. The SMILES string of the molecule is O=C(CCc1cccs1)N1CCN(c2ccccc2F)CC1. The van der Waals surface area contributed by atoms with Gasteiger partial charge >= 0.3 is 0 Å². The zero-order valence-electron chi connectivity index (χ0n) is 12.4. The second-order valence-electron chi connectivity index (χ2n) is 5.40. The molecule has 0 aliphatic carbocycles. The highest BCUT2D eigenvalue weighted by Gasteiger charge is 2.22. The molecule has 0 unspecified atom stereocenters. The first-order valence-electron chi connectivity index (χ1n) is 7.53. The van der Waals surface area contributed by atoms with E-state index in [-0.39, 0.29) is 11.7 Å². The van der Waals surface area contributed by atoms with E-state index in [0.717, 1.165) is 6.42 Å². The smallest absolute Gasteiger partial charge is 0.223 e. The quantitative estimate of drug-likeness (QED) is 0.864. The second-order valence-corrected chi connectivity index (χ2v) is 6.43. The Labute approximate surface area is 134 Å². The van der Waals surface area contributed by atoms with E-state index < -0.39 is 0 Å². The van der Waals surface area contributed by atoms with Crippen LogP contribution in [-0.2, 0) is 11.2 Å². The predicted octanol–water partition coefficient (Wildman–Crippen LogP) is 3.17. The van der Waals surface area contributed by atoms with E-state index in [1.165, 1.54) is 10.9 Å². The minimum Gasteiger partial charge on any atom is -0.366 e. The summed E-state index contributed by atoms with van der Waals surface area (Å²) in [5, 5.41) is 2.03. The summed E-state index contributed by atoms with van der Waals surface area (Å²) in [5.74, 6) is 0.00144.